The minimum atomic E-state index is -1.17. The molecule has 0 bridgehead atoms. The van der Waals surface area contributed by atoms with E-state index in [-0.39, 0.29) is 23.6 Å². The Bertz CT molecular complexity index is 1240. The van der Waals surface area contributed by atoms with Crippen molar-refractivity contribution in [3.05, 3.63) is 47.6 Å². The van der Waals surface area contributed by atoms with Crippen molar-refractivity contribution in [3.8, 4) is 0 Å². The number of aliphatic hydroxyl groups excluding tert-OH is 1. The summed E-state index contributed by atoms with van der Waals surface area (Å²) in [7, 11) is 0. The van der Waals surface area contributed by atoms with E-state index < -0.39 is 51.0 Å². The number of allylic oxidation sites excluding steroid dienone is 4. The van der Waals surface area contributed by atoms with Gasteiger partial charge in [-0.1, -0.05) is 19.9 Å². The van der Waals surface area contributed by atoms with E-state index >= 15 is 0 Å². The molecule has 7 nitrogen and oxygen atoms in total. The first-order valence-electron chi connectivity index (χ1n) is 12.4. The molecule has 186 valence electrons. The van der Waals surface area contributed by atoms with E-state index in [2.05, 4.69) is 6.92 Å². The summed E-state index contributed by atoms with van der Waals surface area (Å²) in [6.07, 6.45) is 7.17. The highest BCUT2D eigenvalue weighted by molar-refractivity contribution is 6.06. The molecule has 1 saturated heterocycles. The summed E-state index contributed by atoms with van der Waals surface area (Å²) in [5.41, 5.74) is -3.06. The average Bonchev–Trinajstić information content (AvgIpc) is 3.13. The van der Waals surface area contributed by atoms with Gasteiger partial charge in [0.2, 0.25) is 5.78 Å². The number of hydrogen-bond donors (Lipinski definition) is 1. The largest absolute Gasteiger partial charge is 0.504 e. The Morgan fingerprint density at radius 2 is 1.89 bits per heavy atom. The van der Waals surface area contributed by atoms with E-state index in [0.29, 0.717) is 18.4 Å². The third-order valence-corrected chi connectivity index (χ3v) is 10.4. The van der Waals surface area contributed by atoms with Gasteiger partial charge in [-0.25, -0.2) is 0 Å². The van der Waals surface area contributed by atoms with Crippen LogP contribution < -0.4 is 0 Å². The van der Waals surface area contributed by atoms with Crippen molar-refractivity contribution in [2.24, 2.45) is 27.6 Å². The molecule has 1 N–H and O–H groups in total. The zero-order chi connectivity index (χ0) is 25.3. The van der Waals surface area contributed by atoms with Crippen molar-refractivity contribution in [2.45, 2.75) is 78.1 Å². The molecule has 0 amide bonds. The second kappa shape index (κ2) is 6.36. The molecule has 1 aromatic heterocycles. The summed E-state index contributed by atoms with van der Waals surface area (Å²) in [6.45, 7) is 10.8. The van der Waals surface area contributed by atoms with E-state index in [4.69, 9.17) is 13.9 Å². The molecule has 1 aromatic rings. The van der Waals surface area contributed by atoms with Crippen LogP contribution in [0.25, 0.3) is 0 Å². The molecule has 1 spiro atoms. The summed E-state index contributed by atoms with van der Waals surface area (Å²) in [6, 6.07) is 1.95. The number of aliphatic hydroxyl groups is 1. The first-order chi connectivity index (χ1) is 16.3. The summed E-state index contributed by atoms with van der Waals surface area (Å²) in [5.74, 6) is -1.84. The Kier molecular flexibility index (Phi) is 4.14. The predicted molar refractivity (Wildman–Crippen MR) is 124 cm³/mol. The monoisotopic (exact) mass is 480 g/mol. The Balaban J connectivity index is 1.62. The number of esters is 1. The highest BCUT2D eigenvalue weighted by Gasteiger charge is 2.88. The lowest BCUT2D eigenvalue weighted by atomic mass is 9.38. The molecule has 0 radical (unpaired) electrons. The van der Waals surface area contributed by atoms with Gasteiger partial charge in [0, 0.05) is 23.7 Å². The van der Waals surface area contributed by atoms with Crippen LogP contribution in [-0.2, 0) is 23.9 Å². The maximum absolute atomic E-state index is 14.3. The molecule has 3 unspecified atom stereocenters. The van der Waals surface area contributed by atoms with Crippen LogP contribution in [0.2, 0.25) is 0 Å². The SMILES string of the molecule is CC(=O)OC1C[C@@]2(C)C(c3ccoc3)C[C@H]3O[C@@]32[C@@]2(C)C(=O)C(O)=C3C(C)(C)C(=O)C=C[C@]3(C)C12. The third kappa shape index (κ3) is 2.30. The molecule has 8 atom stereocenters. The Morgan fingerprint density at radius 1 is 1.17 bits per heavy atom. The fraction of sp³-hybridized carbons (Fsp3) is 0.607. The first-order valence-corrected chi connectivity index (χ1v) is 12.4. The van der Waals surface area contributed by atoms with Crippen molar-refractivity contribution >= 4 is 17.5 Å². The number of hydrogen-bond acceptors (Lipinski definition) is 7. The molecule has 5 aliphatic rings. The number of furan rings is 1. The van der Waals surface area contributed by atoms with Gasteiger partial charge in [-0.05, 0) is 62.8 Å². The third-order valence-electron chi connectivity index (χ3n) is 10.4. The number of Topliss-reactive ketones (excluding diaryl/α,β-unsaturated/α-hetero) is 1. The van der Waals surface area contributed by atoms with Crippen LogP contribution in [0.15, 0.2) is 46.5 Å². The van der Waals surface area contributed by atoms with Crippen molar-refractivity contribution in [1.29, 1.82) is 0 Å². The van der Waals surface area contributed by atoms with Crippen LogP contribution in [0.5, 0.6) is 0 Å². The molecule has 1 aliphatic heterocycles. The van der Waals surface area contributed by atoms with Gasteiger partial charge in [0.05, 0.1) is 29.5 Å². The number of ketones is 2. The van der Waals surface area contributed by atoms with E-state index in [1.54, 1.807) is 38.5 Å². The Hall–Kier alpha value is -2.67. The summed E-state index contributed by atoms with van der Waals surface area (Å²) < 4.78 is 17.9. The Labute approximate surface area is 204 Å². The normalized spacial score (nSPS) is 47.0. The van der Waals surface area contributed by atoms with Crippen LogP contribution in [0, 0.1) is 27.6 Å². The van der Waals surface area contributed by atoms with E-state index in [9.17, 15) is 19.5 Å². The van der Waals surface area contributed by atoms with Gasteiger partial charge in [0.25, 0.3) is 0 Å². The molecule has 6 rings (SSSR count). The van der Waals surface area contributed by atoms with Crippen molar-refractivity contribution < 1.29 is 33.4 Å². The topological polar surface area (TPSA) is 106 Å². The van der Waals surface area contributed by atoms with Gasteiger partial charge in [-0.15, -0.1) is 0 Å². The predicted octanol–water partition coefficient (Wildman–Crippen LogP) is 4.43. The molecular weight excluding hydrogens is 448 g/mol. The molecule has 35 heavy (non-hydrogen) atoms. The molecule has 2 heterocycles. The fourth-order valence-electron chi connectivity index (χ4n) is 9.22. The van der Waals surface area contributed by atoms with Crippen LogP contribution in [0.1, 0.15) is 65.9 Å². The van der Waals surface area contributed by atoms with Gasteiger partial charge in [0.1, 0.15) is 11.7 Å². The highest BCUT2D eigenvalue weighted by atomic mass is 16.6. The zero-order valence-electron chi connectivity index (χ0n) is 21.0. The number of ether oxygens (including phenoxy) is 2. The lowest BCUT2D eigenvalue weighted by Crippen LogP contribution is -2.70. The maximum atomic E-state index is 14.3. The second-order valence-corrected chi connectivity index (χ2v) is 12.3. The highest BCUT2D eigenvalue weighted by Crippen LogP contribution is 2.81. The maximum Gasteiger partial charge on any atom is 0.302 e. The van der Waals surface area contributed by atoms with E-state index in [1.165, 1.54) is 6.92 Å². The van der Waals surface area contributed by atoms with Gasteiger partial charge in [-0.2, -0.15) is 0 Å². The van der Waals surface area contributed by atoms with Crippen molar-refractivity contribution in [1.82, 2.24) is 0 Å². The first kappa shape index (κ1) is 22.8. The summed E-state index contributed by atoms with van der Waals surface area (Å²) >= 11 is 0. The average molecular weight is 481 g/mol. The number of carbonyl (C=O) groups excluding carboxylic acids is 3. The zero-order valence-corrected chi connectivity index (χ0v) is 21.0. The molecule has 4 aliphatic carbocycles. The van der Waals surface area contributed by atoms with Gasteiger partial charge >= 0.3 is 5.97 Å². The molecule has 2 saturated carbocycles. The fourth-order valence-corrected chi connectivity index (χ4v) is 9.22. The minimum absolute atomic E-state index is 0.0453. The lowest BCUT2D eigenvalue weighted by Gasteiger charge is -2.64. The number of carbonyl (C=O) groups is 3. The van der Waals surface area contributed by atoms with Crippen molar-refractivity contribution in [3.63, 3.8) is 0 Å². The van der Waals surface area contributed by atoms with Crippen LogP contribution in [-0.4, -0.2) is 40.5 Å². The minimum Gasteiger partial charge on any atom is -0.504 e. The van der Waals surface area contributed by atoms with Crippen LogP contribution in [0.3, 0.4) is 0 Å². The second-order valence-electron chi connectivity index (χ2n) is 12.3. The van der Waals surface area contributed by atoms with Crippen LogP contribution >= 0.6 is 0 Å². The quantitative estimate of drug-likeness (QED) is 0.493. The number of rotatable bonds is 2. The van der Waals surface area contributed by atoms with Gasteiger partial charge in [-0.3, -0.25) is 14.4 Å². The molecular formula is C28H32O7. The summed E-state index contributed by atoms with van der Waals surface area (Å²) in [5, 5.41) is 11.5. The Morgan fingerprint density at radius 3 is 2.51 bits per heavy atom. The smallest absolute Gasteiger partial charge is 0.302 e. The van der Waals surface area contributed by atoms with E-state index in [1.807, 2.05) is 19.9 Å². The van der Waals surface area contributed by atoms with Crippen molar-refractivity contribution in [2.75, 3.05) is 0 Å². The van der Waals surface area contributed by atoms with Gasteiger partial charge < -0.3 is 19.0 Å². The van der Waals surface area contributed by atoms with Crippen LogP contribution in [0.4, 0.5) is 0 Å². The molecule has 3 fully saturated rings. The summed E-state index contributed by atoms with van der Waals surface area (Å²) in [4.78, 5) is 39.6. The number of fused-ring (bicyclic) bond motifs is 3. The molecule has 7 heteroatoms. The van der Waals surface area contributed by atoms with E-state index in [0.717, 1.165) is 5.56 Å². The molecule has 0 aromatic carbocycles. The standard InChI is InChI=1S/C28H32O7/c1-14(29)34-17-12-26(5)16(15-8-10-33-13-15)11-19-28(26,35-19)27(6)21(17)25(4)9-7-18(30)24(2,3)22(25)20(31)23(27)32/h7-10,13,16-17,19,21,31H,11-12H2,1-6H3/t16?,17?,19-,21?,25-,26+,27-,28+/m1/s1. The van der Waals surface area contributed by atoms with Gasteiger partial charge in [0.15, 0.2) is 11.5 Å². The lowest BCUT2D eigenvalue weighted by molar-refractivity contribution is -0.200. The number of epoxide rings is 1.